The fourth-order valence-corrected chi connectivity index (χ4v) is 6.07. The Labute approximate surface area is 225 Å². The van der Waals surface area contributed by atoms with Gasteiger partial charge in [0.1, 0.15) is 6.10 Å². The van der Waals surface area contributed by atoms with Crippen molar-refractivity contribution >= 4 is 17.3 Å². The van der Waals surface area contributed by atoms with E-state index in [2.05, 4.69) is 71.3 Å². The number of nitrogens with zero attached hydrogens (tertiary/aromatic N) is 5. The highest BCUT2D eigenvalue weighted by Gasteiger charge is 2.27. The van der Waals surface area contributed by atoms with Crippen molar-refractivity contribution < 1.29 is 14.3 Å². The van der Waals surface area contributed by atoms with E-state index in [9.17, 15) is 4.79 Å². The first-order valence-electron chi connectivity index (χ1n) is 14.1. The number of fused-ring (bicyclic) bond motifs is 1. The van der Waals surface area contributed by atoms with Crippen LogP contribution in [0.2, 0.25) is 0 Å². The molecule has 3 fully saturated rings. The quantitative estimate of drug-likeness (QED) is 0.492. The first-order chi connectivity index (χ1) is 18.5. The number of amides is 1. The molecule has 3 aliphatic heterocycles. The van der Waals surface area contributed by atoms with E-state index in [1.807, 2.05) is 15.6 Å². The summed E-state index contributed by atoms with van der Waals surface area (Å²) in [5.74, 6) is 0.615. The molecule has 3 saturated heterocycles. The van der Waals surface area contributed by atoms with Crippen molar-refractivity contribution in [3.8, 4) is 11.1 Å². The first-order valence-corrected chi connectivity index (χ1v) is 14.1. The lowest BCUT2D eigenvalue weighted by atomic mass is 9.89. The average Bonchev–Trinajstić information content (AvgIpc) is 3.63. The third-order valence-corrected chi connectivity index (χ3v) is 8.42. The van der Waals surface area contributed by atoms with Crippen molar-refractivity contribution in [3.05, 3.63) is 54.4 Å². The van der Waals surface area contributed by atoms with E-state index in [0.717, 1.165) is 37.3 Å². The minimum Gasteiger partial charge on any atom is -0.444 e. The molecular formula is C30H39N5O3. The highest BCUT2D eigenvalue weighted by molar-refractivity contribution is 5.80. The lowest BCUT2D eigenvalue weighted by Crippen LogP contribution is -2.49. The van der Waals surface area contributed by atoms with Crippen LogP contribution in [0, 0.1) is 0 Å². The number of rotatable bonds is 5. The highest BCUT2D eigenvalue weighted by atomic mass is 16.6. The fourth-order valence-electron chi connectivity index (χ4n) is 6.07. The standard InChI is InChI=1S/C30H39N5O3/c1-22(2)34-12-3-4-25(19-34)23-5-7-24(8-6-23)26-18-29-28(9-11-31-35(29)20-26)32-13-15-33(16-14-32)30(36)38-27-10-17-37-21-27/h5-9,11,18,20,22,25,27H,3-4,10,12-17,19,21H2,1-2H3/t25-,27-/m1/s1. The van der Waals surface area contributed by atoms with Crippen LogP contribution in [-0.4, -0.2) is 90.1 Å². The van der Waals surface area contributed by atoms with Crippen LogP contribution >= 0.6 is 0 Å². The van der Waals surface area contributed by atoms with E-state index in [1.54, 1.807) is 0 Å². The van der Waals surface area contributed by atoms with E-state index < -0.39 is 0 Å². The van der Waals surface area contributed by atoms with E-state index in [0.29, 0.717) is 38.3 Å². The summed E-state index contributed by atoms with van der Waals surface area (Å²) in [6.45, 7) is 11.0. The topological polar surface area (TPSA) is 62.5 Å². The molecule has 202 valence electrons. The molecule has 1 aromatic carbocycles. The highest BCUT2D eigenvalue weighted by Crippen LogP contribution is 2.32. The second kappa shape index (κ2) is 10.9. The van der Waals surface area contributed by atoms with Gasteiger partial charge < -0.3 is 24.2 Å². The Kier molecular flexibility index (Phi) is 7.26. The summed E-state index contributed by atoms with van der Waals surface area (Å²) >= 11 is 0. The summed E-state index contributed by atoms with van der Waals surface area (Å²) in [7, 11) is 0. The average molecular weight is 518 g/mol. The number of carbonyl (C=O) groups excluding carboxylic acids is 1. The van der Waals surface area contributed by atoms with Crippen LogP contribution in [0.3, 0.4) is 0 Å². The molecule has 6 rings (SSSR count). The van der Waals surface area contributed by atoms with Crippen LogP contribution in [0.1, 0.15) is 44.6 Å². The molecule has 0 spiro atoms. The lowest BCUT2D eigenvalue weighted by molar-refractivity contribution is 0.0534. The van der Waals surface area contributed by atoms with E-state index in [-0.39, 0.29) is 12.2 Å². The maximum atomic E-state index is 12.6. The molecule has 3 aliphatic rings. The second-order valence-electron chi connectivity index (χ2n) is 11.2. The van der Waals surface area contributed by atoms with Crippen LogP contribution in [-0.2, 0) is 9.47 Å². The smallest absolute Gasteiger partial charge is 0.410 e. The number of likely N-dealkylation sites (tertiary alicyclic amines) is 1. The second-order valence-corrected chi connectivity index (χ2v) is 11.2. The molecular weight excluding hydrogens is 478 g/mol. The zero-order valence-corrected chi connectivity index (χ0v) is 22.6. The van der Waals surface area contributed by atoms with Gasteiger partial charge in [0.15, 0.2) is 0 Å². The molecule has 0 N–H and O–H groups in total. The number of anilines is 1. The van der Waals surface area contributed by atoms with Crippen LogP contribution in [0.5, 0.6) is 0 Å². The fraction of sp³-hybridized carbons (Fsp3) is 0.533. The van der Waals surface area contributed by atoms with Crippen molar-refractivity contribution in [2.75, 3.05) is 57.4 Å². The molecule has 8 heteroatoms. The van der Waals surface area contributed by atoms with Gasteiger partial charge in [0.05, 0.1) is 24.4 Å². The van der Waals surface area contributed by atoms with Crippen LogP contribution in [0.4, 0.5) is 10.5 Å². The molecule has 1 amide bonds. The number of carbonyl (C=O) groups is 1. The van der Waals surface area contributed by atoms with Crippen molar-refractivity contribution in [2.24, 2.45) is 0 Å². The number of hydrogen-bond donors (Lipinski definition) is 0. The molecule has 3 aromatic rings. The van der Waals surface area contributed by atoms with Gasteiger partial charge in [-0.3, -0.25) is 0 Å². The molecule has 0 saturated carbocycles. The van der Waals surface area contributed by atoms with Crippen LogP contribution in [0.15, 0.2) is 48.8 Å². The molecule has 0 unspecified atom stereocenters. The largest absolute Gasteiger partial charge is 0.444 e. The van der Waals surface area contributed by atoms with Gasteiger partial charge in [0.25, 0.3) is 0 Å². The molecule has 8 nitrogen and oxygen atoms in total. The SMILES string of the molecule is CC(C)N1CCC[C@@H](c2ccc(-c3cc4c(N5CCN(C(=O)O[C@@H]6CCOC6)CC5)ccnn4c3)cc2)C1. The van der Waals surface area contributed by atoms with Crippen LogP contribution in [0.25, 0.3) is 16.6 Å². The van der Waals surface area contributed by atoms with E-state index in [1.165, 1.54) is 36.1 Å². The van der Waals surface area contributed by atoms with Crippen molar-refractivity contribution in [2.45, 2.75) is 51.2 Å². The normalized spacial score (nSPS) is 22.9. The minimum atomic E-state index is -0.224. The van der Waals surface area contributed by atoms with E-state index >= 15 is 0 Å². The Morgan fingerprint density at radius 2 is 1.84 bits per heavy atom. The van der Waals surface area contributed by atoms with Crippen molar-refractivity contribution in [1.82, 2.24) is 19.4 Å². The van der Waals surface area contributed by atoms with Gasteiger partial charge in [-0.15, -0.1) is 0 Å². The summed E-state index contributed by atoms with van der Waals surface area (Å²) < 4.78 is 12.9. The predicted molar refractivity (Wildman–Crippen MR) is 149 cm³/mol. The van der Waals surface area contributed by atoms with Gasteiger partial charge in [-0.05, 0) is 62.4 Å². The number of piperidine rings is 1. The molecule has 0 bridgehead atoms. The molecule has 0 aliphatic carbocycles. The molecule has 5 heterocycles. The van der Waals surface area contributed by atoms with E-state index in [4.69, 9.17) is 9.47 Å². The number of piperazine rings is 1. The third kappa shape index (κ3) is 5.24. The van der Waals surface area contributed by atoms with Crippen molar-refractivity contribution in [3.63, 3.8) is 0 Å². The maximum absolute atomic E-state index is 12.6. The monoisotopic (exact) mass is 517 g/mol. The first kappa shape index (κ1) is 25.2. The zero-order chi connectivity index (χ0) is 26.1. The Morgan fingerprint density at radius 1 is 1.03 bits per heavy atom. The summed E-state index contributed by atoms with van der Waals surface area (Å²) in [4.78, 5) is 19.3. The van der Waals surface area contributed by atoms with Crippen molar-refractivity contribution in [1.29, 1.82) is 0 Å². The van der Waals surface area contributed by atoms with Gasteiger partial charge in [0.2, 0.25) is 0 Å². The molecule has 2 aromatic heterocycles. The Bertz CT molecular complexity index is 1240. The summed E-state index contributed by atoms with van der Waals surface area (Å²) in [6.07, 6.45) is 6.98. The maximum Gasteiger partial charge on any atom is 0.410 e. The van der Waals surface area contributed by atoms with Gasteiger partial charge in [0, 0.05) is 63.1 Å². The number of hydrogen-bond acceptors (Lipinski definition) is 6. The van der Waals surface area contributed by atoms with Crippen LogP contribution < -0.4 is 4.90 Å². The molecule has 2 atom stereocenters. The zero-order valence-electron chi connectivity index (χ0n) is 22.6. The lowest BCUT2D eigenvalue weighted by Gasteiger charge is -2.36. The summed E-state index contributed by atoms with van der Waals surface area (Å²) in [6, 6.07) is 14.1. The minimum absolute atomic E-state index is 0.106. The summed E-state index contributed by atoms with van der Waals surface area (Å²) in [5.41, 5.74) is 6.07. The Hall–Kier alpha value is -3.10. The summed E-state index contributed by atoms with van der Waals surface area (Å²) in [5, 5.41) is 4.59. The van der Waals surface area contributed by atoms with Gasteiger partial charge in [-0.1, -0.05) is 24.3 Å². The van der Waals surface area contributed by atoms with Gasteiger partial charge >= 0.3 is 6.09 Å². The molecule has 0 radical (unpaired) electrons. The number of ether oxygens (including phenoxy) is 2. The van der Waals surface area contributed by atoms with Gasteiger partial charge in [-0.2, -0.15) is 5.10 Å². The number of benzene rings is 1. The predicted octanol–water partition coefficient (Wildman–Crippen LogP) is 4.64. The Balaban J connectivity index is 1.13. The third-order valence-electron chi connectivity index (χ3n) is 8.42. The Morgan fingerprint density at radius 3 is 2.58 bits per heavy atom. The van der Waals surface area contributed by atoms with Gasteiger partial charge in [-0.25, -0.2) is 9.31 Å². The molecule has 38 heavy (non-hydrogen) atoms. The number of aromatic nitrogens is 2.